The van der Waals surface area contributed by atoms with Crippen LogP contribution >= 0.6 is 0 Å². The Labute approximate surface area is 195 Å². The first-order valence-corrected chi connectivity index (χ1v) is 12.0. The monoisotopic (exact) mass is 494 g/mol. The molecule has 0 saturated carbocycles. The van der Waals surface area contributed by atoms with Gasteiger partial charge >= 0.3 is 5.97 Å². The number of morpholine rings is 1. The van der Waals surface area contributed by atoms with Crippen LogP contribution in [0.3, 0.4) is 0 Å². The predicted octanol–water partition coefficient (Wildman–Crippen LogP) is 1.80. The number of hydrogen-bond acceptors (Lipinski definition) is 8. The molecule has 1 fully saturated rings. The summed E-state index contributed by atoms with van der Waals surface area (Å²) in [6.45, 7) is 2.72. The summed E-state index contributed by atoms with van der Waals surface area (Å²) in [4.78, 5) is 24.4. The van der Waals surface area contributed by atoms with Gasteiger partial charge in [0, 0.05) is 24.8 Å². The second-order valence-electron chi connectivity index (χ2n) is 7.56. The first kappa shape index (κ1) is 23.9. The molecule has 2 aromatic carbocycles. The summed E-state index contributed by atoms with van der Waals surface area (Å²) in [6, 6.07) is 7.74. The number of carbonyl (C=O) groups excluding carboxylic acids is 2. The van der Waals surface area contributed by atoms with E-state index >= 15 is 0 Å². The van der Waals surface area contributed by atoms with E-state index in [-0.39, 0.29) is 31.9 Å². The van der Waals surface area contributed by atoms with Crippen LogP contribution in [0.5, 0.6) is 11.5 Å². The Morgan fingerprint density at radius 1 is 1.03 bits per heavy atom. The van der Waals surface area contributed by atoms with Crippen LogP contribution in [-0.2, 0) is 24.3 Å². The average Bonchev–Trinajstić information content (AvgIpc) is 2.84. The molecule has 10 nitrogen and oxygen atoms in total. The minimum Gasteiger partial charge on any atom is -0.486 e. The van der Waals surface area contributed by atoms with Gasteiger partial charge in [-0.05, 0) is 37.3 Å². The molecule has 12 heteroatoms. The van der Waals surface area contributed by atoms with E-state index in [0.717, 1.165) is 22.5 Å². The molecule has 1 saturated heterocycles. The number of rotatable bonds is 6. The van der Waals surface area contributed by atoms with Gasteiger partial charge < -0.3 is 24.3 Å². The van der Waals surface area contributed by atoms with Gasteiger partial charge in [0.2, 0.25) is 10.0 Å². The maximum Gasteiger partial charge on any atom is 0.338 e. The van der Waals surface area contributed by atoms with E-state index in [9.17, 15) is 22.4 Å². The first-order chi connectivity index (χ1) is 16.3. The summed E-state index contributed by atoms with van der Waals surface area (Å²) in [5.74, 6) is -1.54. The molecule has 0 bridgehead atoms. The third-order valence-corrected chi connectivity index (χ3v) is 7.13. The van der Waals surface area contributed by atoms with E-state index in [0.29, 0.717) is 30.4 Å². The maximum atomic E-state index is 14.4. The lowest BCUT2D eigenvalue weighted by molar-refractivity contribution is -0.123. The van der Waals surface area contributed by atoms with Crippen LogP contribution in [0.2, 0.25) is 0 Å². The van der Waals surface area contributed by atoms with Crippen molar-refractivity contribution < 1.29 is 41.3 Å². The molecular formula is C22H23FN2O8S. The van der Waals surface area contributed by atoms with Crippen molar-refractivity contribution in [2.24, 2.45) is 0 Å². The van der Waals surface area contributed by atoms with Gasteiger partial charge in [0.15, 0.2) is 17.6 Å². The minimum absolute atomic E-state index is 0.0769. The smallest absolute Gasteiger partial charge is 0.338 e. The van der Waals surface area contributed by atoms with Crippen molar-refractivity contribution in [1.29, 1.82) is 0 Å². The van der Waals surface area contributed by atoms with Gasteiger partial charge in [-0.3, -0.25) is 4.79 Å². The zero-order valence-electron chi connectivity index (χ0n) is 18.3. The summed E-state index contributed by atoms with van der Waals surface area (Å²) in [6.07, 6.45) is -1.22. The van der Waals surface area contributed by atoms with Gasteiger partial charge in [0.05, 0.1) is 18.8 Å². The standard InChI is InChI=1S/C22H23FN2O8S/c1-14(21(26)24-16-3-5-18-19(13-16)32-11-10-31-18)33-22(27)15-2-4-17(23)20(12-15)34(28,29)25-6-8-30-9-7-25/h2-5,12-14H,6-11H2,1H3,(H,24,26)/t14-/m0/s1. The number of sulfonamides is 1. The van der Waals surface area contributed by atoms with Crippen LogP contribution < -0.4 is 14.8 Å². The van der Waals surface area contributed by atoms with Crippen LogP contribution in [0.1, 0.15) is 17.3 Å². The SMILES string of the molecule is C[C@H](OC(=O)c1ccc(F)c(S(=O)(=O)N2CCOCC2)c1)C(=O)Nc1ccc2c(c1)OCCO2. The van der Waals surface area contributed by atoms with Crippen molar-refractivity contribution in [2.45, 2.75) is 17.9 Å². The topological polar surface area (TPSA) is 120 Å². The van der Waals surface area contributed by atoms with E-state index in [1.807, 2.05) is 0 Å². The molecule has 2 aliphatic heterocycles. The van der Waals surface area contributed by atoms with Gasteiger partial charge in [-0.1, -0.05) is 0 Å². The second kappa shape index (κ2) is 9.95. The zero-order valence-corrected chi connectivity index (χ0v) is 19.1. The number of benzene rings is 2. The highest BCUT2D eigenvalue weighted by molar-refractivity contribution is 7.89. The van der Waals surface area contributed by atoms with Crippen LogP contribution in [0.25, 0.3) is 0 Å². The van der Waals surface area contributed by atoms with Crippen LogP contribution in [0, 0.1) is 5.82 Å². The molecule has 2 aliphatic rings. The molecule has 34 heavy (non-hydrogen) atoms. The van der Waals surface area contributed by atoms with E-state index in [2.05, 4.69) is 5.32 Å². The lowest BCUT2D eigenvalue weighted by Gasteiger charge is -2.26. The normalized spacial score (nSPS) is 17.0. The Kier molecular flexibility index (Phi) is 7.00. The summed E-state index contributed by atoms with van der Waals surface area (Å²) < 4.78 is 62.3. The van der Waals surface area contributed by atoms with Gasteiger partial charge in [0.25, 0.3) is 5.91 Å². The van der Waals surface area contributed by atoms with Crippen molar-refractivity contribution in [1.82, 2.24) is 4.31 Å². The third-order valence-electron chi connectivity index (χ3n) is 5.22. The molecule has 182 valence electrons. The lowest BCUT2D eigenvalue weighted by atomic mass is 10.2. The van der Waals surface area contributed by atoms with E-state index in [1.54, 1.807) is 18.2 Å². The molecular weight excluding hydrogens is 471 g/mol. The summed E-state index contributed by atoms with van der Waals surface area (Å²) in [5, 5.41) is 2.61. The Morgan fingerprint density at radius 2 is 1.74 bits per heavy atom. The van der Waals surface area contributed by atoms with Crippen LogP contribution in [-0.4, -0.2) is 70.2 Å². The van der Waals surface area contributed by atoms with Gasteiger partial charge in [-0.15, -0.1) is 0 Å². The molecule has 1 atom stereocenters. The Morgan fingerprint density at radius 3 is 2.47 bits per heavy atom. The number of anilines is 1. The summed E-state index contributed by atoms with van der Waals surface area (Å²) >= 11 is 0. The Bertz CT molecular complexity index is 1200. The van der Waals surface area contributed by atoms with Crippen molar-refractivity contribution in [3.8, 4) is 11.5 Å². The number of nitrogens with zero attached hydrogens (tertiary/aromatic N) is 1. The fourth-order valence-electron chi connectivity index (χ4n) is 3.40. The Hall–Kier alpha value is -3.22. The van der Waals surface area contributed by atoms with E-state index < -0.39 is 38.7 Å². The number of esters is 1. The molecule has 0 spiro atoms. The lowest BCUT2D eigenvalue weighted by Crippen LogP contribution is -2.41. The molecule has 2 aromatic rings. The van der Waals surface area contributed by atoms with Crippen LogP contribution in [0.4, 0.5) is 10.1 Å². The molecule has 0 aliphatic carbocycles. The summed E-state index contributed by atoms with van der Waals surface area (Å²) in [5.41, 5.74) is 0.213. The molecule has 0 radical (unpaired) electrons. The Balaban J connectivity index is 1.44. The van der Waals surface area contributed by atoms with Crippen molar-refractivity contribution in [2.75, 3.05) is 44.8 Å². The van der Waals surface area contributed by atoms with E-state index in [4.69, 9.17) is 18.9 Å². The van der Waals surface area contributed by atoms with Gasteiger partial charge in [-0.25, -0.2) is 17.6 Å². The highest BCUT2D eigenvalue weighted by atomic mass is 32.2. The predicted molar refractivity (Wildman–Crippen MR) is 117 cm³/mol. The number of nitrogens with one attached hydrogen (secondary N) is 1. The number of ether oxygens (including phenoxy) is 4. The van der Waals surface area contributed by atoms with Gasteiger partial charge in [0.1, 0.15) is 23.9 Å². The zero-order chi connectivity index (χ0) is 24.3. The number of hydrogen-bond donors (Lipinski definition) is 1. The van der Waals surface area contributed by atoms with Crippen molar-refractivity contribution in [3.05, 3.63) is 47.8 Å². The number of halogens is 1. The van der Waals surface area contributed by atoms with E-state index in [1.165, 1.54) is 6.92 Å². The minimum atomic E-state index is -4.17. The fraction of sp³-hybridized carbons (Fsp3) is 0.364. The average molecular weight is 494 g/mol. The highest BCUT2D eigenvalue weighted by Crippen LogP contribution is 2.32. The van der Waals surface area contributed by atoms with Gasteiger partial charge in [-0.2, -0.15) is 4.31 Å². The molecule has 4 rings (SSSR count). The molecule has 0 unspecified atom stereocenters. The quantitative estimate of drug-likeness (QED) is 0.604. The highest BCUT2D eigenvalue weighted by Gasteiger charge is 2.30. The maximum absolute atomic E-state index is 14.4. The molecule has 2 heterocycles. The molecule has 0 aromatic heterocycles. The number of carbonyl (C=O) groups is 2. The third kappa shape index (κ3) is 5.13. The number of fused-ring (bicyclic) bond motifs is 1. The molecule has 1 amide bonds. The largest absolute Gasteiger partial charge is 0.486 e. The van der Waals surface area contributed by atoms with Crippen molar-refractivity contribution >= 4 is 27.6 Å². The van der Waals surface area contributed by atoms with Crippen molar-refractivity contribution in [3.63, 3.8) is 0 Å². The van der Waals surface area contributed by atoms with Crippen LogP contribution in [0.15, 0.2) is 41.3 Å². The second-order valence-corrected chi connectivity index (χ2v) is 9.46. The molecule has 1 N–H and O–H groups in total. The summed E-state index contributed by atoms with van der Waals surface area (Å²) in [7, 11) is -4.17. The first-order valence-electron chi connectivity index (χ1n) is 10.5. The number of amides is 1. The fourth-order valence-corrected chi connectivity index (χ4v) is 4.90.